The molecule has 1 aliphatic heterocycles. The van der Waals surface area contributed by atoms with Crippen molar-refractivity contribution in [2.24, 2.45) is 5.92 Å². The van der Waals surface area contributed by atoms with Gasteiger partial charge in [-0.05, 0) is 18.9 Å². The molecule has 2 N–H and O–H groups in total. The highest BCUT2D eigenvalue weighted by Gasteiger charge is 2.11. The minimum Gasteiger partial charge on any atom is -0.361 e. The van der Waals surface area contributed by atoms with E-state index >= 15 is 0 Å². The van der Waals surface area contributed by atoms with E-state index in [1.54, 1.807) is 0 Å². The van der Waals surface area contributed by atoms with Crippen LogP contribution in [-0.2, 0) is 4.74 Å². The molecule has 3 heteroatoms. The largest absolute Gasteiger partial charge is 0.361 e. The maximum Gasteiger partial charge on any atom is 0.120 e. The van der Waals surface area contributed by atoms with E-state index in [4.69, 9.17) is 4.74 Å². The Hall–Kier alpha value is -0.120. The maximum atomic E-state index is 5.49. The van der Waals surface area contributed by atoms with Crippen LogP contribution < -0.4 is 10.6 Å². The predicted molar refractivity (Wildman–Crippen MR) is 50.1 cm³/mol. The second kappa shape index (κ2) is 5.51. The third-order valence-electron chi connectivity index (χ3n) is 2.02. The Balaban J connectivity index is 1.98. The number of hydrogen-bond donors (Lipinski definition) is 2. The lowest BCUT2D eigenvalue weighted by Crippen LogP contribution is -2.47. The first-order chi connectivity index (χ1) is 5.79. The Morgan fingerprint density at radius 2 is 2.42 bits per heavy atom. The van der Waals surface area contributed by atoms with E-state index in [0.29, 0.717) is 0 Å². The maximum absolute atomic E-state index is 5.49. The summed E-state index contributed by atoms with van der Waals surface area (Å²) in [5.41, 5.74) is 0. The molecule has 0 aromatic heterocycles. The Bertz CT molecular complexity index is 111. The van der Waals surface area contributed by atoms with Crippen LogP contribution in [0.5, 0.6) is 0 Å². The van der Waals surface area contributed by atoms with Crippen LogP contribution in [0.1, 0.15) is 20.3 Å². The van der Waals surface area contributed by atoms with Crippen molar-refractivity contribution in [2.75, 3.05) is 26.2 Å². The van der Waals surface area contributed by atoms with Gasteiger partial charge < -0.3 is 10.1 Å². The van der Waals surface area contributed by atoms with Gasteiger partial charge in [0.25, 0.3) is 0 Å². The first kappa shape index (κ1) is 9.96. The van der Waals surface area contributed by atoms with Gasteiger partial charge in [0.1, 0.15) is 6.23 Å². The SMILES string of the molecule is CC(C)CCNC1CNCCO1. The van der Waals surface area contributed by atoms with Crippen molar-refractivity contribution in [1.29, 1.82) is 0 Å². The molecule has 0 saturated carbocycles. The molecular formula is C9H20N2O. The van der Waals surface area contributed by atoms with E-state index in [9.17, 15) is 0 Å². The molecule has 1 rings (SSSR count). The van der Waals surface area contributed by atoms with Crippen molar-refractivity contribution in [3.05, 3.63) is 0 Å². The molecule has 0 amide bonds. The summed E-state index contributed by atoms with van der Waals surface area (Å²) in [5.74, 6) is 0.772. The number of nitrogens with one attached hydrogen (secondary N) is 2. The fourth-order valence-corrected chi connectivity index (χ4v) is 1.23. The molecule has 1 aliphatic rings. The van der Waals surface area contributed by atoms with Crippen LogP contribution in [0.2, 0.25) is 0 Å². The molecule has 1 atom stereocenters. The Morgan fingerprint density at radius 1 is 1.58 bits per heavy atom. The van der Waals surface area contributed by atoms with Gasteiger partial charge in [0.15, 0.2) is 0 Å². The smallest absolute Gasteiger partial charge is 0.120 e. The zero-order chi connectivity index (χ0) is 8.81. The van der Waals surface area contributed by atoms with E-state index in [1.807, 2.05) is 0 Å². The van der Waals surface area contributed by atoms with Crippen molar-refractivity contribution in [1.82, 2.24) is 10.6 Å². The van der Waals surface area contributed by atoms with Gasteiger partial charge in [-0.2, -0.15) is 0 Å². The molecule has 1 unspecified atom stereocenters. The summed E-state index contributed by atoms with van der Waals surface area (Å²) in [5, 5.41) is 6.65. The summed E-state index contributed by atoms with van der Waals surface area (Å²) >= 11 is 0. The molecule has 1 heterocycles. The third-order valence-corrected chi connectivity index (χ3v) is 2.02. The fourth-order valence-electron chi connectivity index (χ4n) is 1.23. The zero-order valence-corrected chi connectivity index (χ0v) is 8.10. The summed E-state index contributed by atoms with van der Waals surface area (Å²) in [6.07, 6.45) is 1.46. The van der Waals surface area contributed by atoms with Crippen molar-refractivity contribution in [3.8, 4) is 0 Å². The molecule has 0 bridgehead atoms. The number of morpholine rings is 1. The fraction of sp³-hybridized carbons (Fsp3) is 1.00. The average Bonchev–Trinajstić information content (AvgIpc) is 2.05. The molecule has 3 nitrogen and oxygen atoms in total. The van der Waals surface area contributed by atoms with Crippen LogP contribution in [-0.4, -0.2) is 32.5 Å². The lowest BCUT2D eigenvalue weighted by atomic mass is 10.1. The minimum atomic E-state index is 0.234. The van der Waals surface area contributed by atoms with Crippen molar-refractivity contribution >= 4 is 0 Å². The van der Waals surface area contributed by atoms with Crippen molar-refractivity contribution < 1.29 is 4.74 Å². The molecule has 72 valence electrons. The Labute approximate surface area is 74.9 Å². The molecule has 0 spiro atoms. The van der Waals surface area contributed by atoms with Gasteiger partial charge in [0, 0.05) is 13.1 Å². The summed E-state index contributed by atoms with van der Waals surface area (Å²) < 4.78 is 5.49. The van der Waals surface area contributed by atoms with Crippen LogP contribution in [0.15, 0.2) is 0 Å². The second-order valence-electron chi connectivity index (χ2n) is 3.70. The van der Waals surface area contributed by atoms with Crippen LogP contribution in [0.25, 0.3) is 0 Å². The summed E-state index contributed by atoms with van der Waals surface area (Å²) in [4.78, 5) is 0. The van der Waals surface area contributed by atoms with Gasteiger partial charge in [-0.3, -0.25) is 5.32 Å². The van der Waals surface area contributed by atoms with Gasteiger partial charge >= 0.3 is 0 Å². The van der Waals surface area contributed by atoms with Gasteiger partial charge in [-0.25, -0.2) is 0 Å². The van der Waals surface area contributed by atoms with E-state index < -0.39 is 0 Å². The van der Waals surface area contributed by atoms with Gasteiger partial charge in [-0.1, -0.05) is 13.8 Å². The number of rotatable bonds is 4. The number of hydrogen-bond acceptors (Lipinski definition) is 3. The van der Waals surface area contributed by atoms with Crippen LogP contribution >= 0.6 is 0 Å². The topological polar surface area (TPSA) is 33.3 Å². The van der Waals surface area contributed by atoms with E-state index in [0.717, 1.165) is 32.2 Å². The summed E-state index contributed by atoms with van der Waals surface area (Å²) in [6.45, 7) is 8.30. The Morgan fingerprint density at radius 3 is 3.00 bits per heavy atom. The van der Waals surface area contributed by atoms with E-state index in [-0.39, 0.29) is 6.23 Å². The molecule has 1 saturated heterocycles. The highest BCUT2D eigenvalue weighted by atomic mass is 16.5. The molecule has 1 fully saturated rings. The first-order valence-electron chi connectivity index (χ1n) is 4.84. The van der Waals surface area contributed by atoms with E-state index in [2.05, 4.69) is 24.5 Å². The highest BCUT2D eigenvalue weighted by molar-refractivity contribution is 4.64. The summed E-state index contributed by atoms with van der Waals surface area (Å²) in [7, 11) is 0. The first-order valence-corrected chi connectivity index (χ1v) is 4.84. The molecular weight excluding hydrogens is 152 g/mol. The predicted octanol–water partition coefficient (Wildman–Crippen LogP) is 0.568. The molecule has 0 aliphatic carbocycles. The van der Waals surface area contributed by atoms with Crippen molar-refractivity contribution in [3.63, 3.8) is 0 Å². The van der Waals surface area contributed by atoms with Crippen LogP contribution in [0.4, 0.5) is 0 Å². The van der Waals surface area contributed by atoms with Gasteiger partial charge in [0.2, 0.25) is 0 Å². The monoisotopic (exact) mass is 172 g/mol. The van der Waals surface area contributed by atoms with Crippen LogP contribution in [0.3, 0.4) is 0 Å². The quantitative estimate of drug-likeness (QED) is 0.650. The van der Waals surface area contributed by atoms with Gasteiger partial charge in [-0.15, -0.1) is 0 Å². The second-order valence-corrected chi connectivity index (χ2v) is 3.70. The average molecular weight is 172 g/mol. The standard InChI is InChI=1S/C9H20N2O/c1-8(2)3-4-11-9-7-10-5-6-12-9/h8-11H,3-7H2,1-2H3. The molecule has 12 heavy (non-hydrogen) atoms. The lowest BCUT2D eigenvalue weighted by Gasteiger charge is -2.24. The molecule has 0 radical (unpaired) electrons. The van der Waals surface area contributed by atoms with E-state index in [1.165, 1.54) is 6.42 Å². The van der Waals surface area contributed by atoms with Gasteiger partial charge in [0.05, 0.1) is 6.61 Å². The normalized spacial score (nSPS) is 24.8. The summed E-state index contributed by atoms with van der Waals surface area (Å²) in [6, 6.07) is 0. The lowest BCUT2D eigenvalue weighted by molar-refractivity contribution is 0.00664. The molecule has 0 aromatic rings. The third kappa shape index (κ3) is 4.04. The van der Waals surface area contributed by atoms with Crippen LogP contribution in [0, 0.1) is 5.92 Å². The molecule has 0 aromatic carbocycles. The highest BCUT2D eigenvalue weighted by Crippen LogP contribution is 1.98. The number of ether oxygens (including phenoxy) is 1. The van der Waals surface area contributed by atoms with Crippen molar-refractivity contribution in [2.45, 2.75) is 26.5 Å². The minimum absolute atomic E-state index is 0.234. The zero-order valence-electron chi connectivity index (χ0n) is 8.10. The Kier molecular flexibility index (Phi) is 4.58.